The molecule has 6 heteroatoms. The monoisotopic (exact) mass is 439 g/mol. The van der Waals surface area contributed by atoms with Crippen molar-refractivity contribution in [2.24, 2.45) is 0 Å². The molecule has 0 aliphatic rings. The zero-order valence-corrected chi connectivity index (χ0v) is 19.0. The molecule has 0 radical (unpaired) electrons. The van der Waals surface area contributed by atoms with E-state index in [4.69, 9.17) is 4.74 Å². The minimum absolute atomic E-state index is 0.258. The van der Waals surface area contributed by atoms with Crippen LogP contribution in [-0.2, 0) is 0 Å². The first-order chi connectivity index (χ1) is 15.9. The minimum Gasteiger partial charge on any atom is -0.497 e. The van der Waals surface area contributed by atoms with Crippen LogP contribution in [0.4, 0.5) is 5.82 Å². The third-order valence-electron chi connectivity index (χ3n) is 5.62. The van der Waals surface area contributed by atoms with E-state index in [-0.39, 0.29) is 11.3 Å². The van der Waals surface area contributed by atoms with Crippen molar-refractivity contribution in [3.8, 4) is 22.6 Å². The van der Waals surface area contributed by atoms with E-state index in [1.165, 1.54) is 0 Å². The van der Waals surface area contributed by atoms with Gasteiger partial charge < -0.3 is 10.1 Å². The fourth-order valence-corrected chi connectivity index (χ4v) is 3.62. The van der Waals surface area contributed by atoms with Gasteiger partial charge in [-0.25, -0.2) is 4.68 Å². The van der Waals surface area contributed by atoms with Gasteiger partial charge in [0.1, 0.15) is 17.3 Å². The minimum atomic E-state index is -0.331. The number of aryl methyl sites for hydroxylation is 3. The molecule has 0 bridgehead atoms. The molecule has 1 heterocycles. The fraction of sp³-hybridized carbons (Fsp3) is 0.148. The van der Waals surface area contributed by atoms with Gasteiger partial charge in [0, 0.05) is 5.56 Å². The highest BCUT2D eigenvalue weighted by molar-refractivity contribution is 6.05. The van der Waals surface area contributed by atoms with Gasteiger partial charge in [0.2, 0.25) is 5.43 Å². The molecule has 0 aliphatic heterocycles. The molecule has 0 spiro atoms. The first kappa shape index (κ1) is 22.0. The van der Waals surface area contributed by atoms with Crippen molar-refractivity contribution in [3.05, 3.63) is 105 Å². The van der Waals surface area contributed by atoms with E-state index in [0.29, 0.717) is 34.0 Å². The summed E-state index contributed by atoms with van der Waals surface area (Å²) in [6, 6.07) is 22.0. The molecule has 0 atom stereocenters. The Bertz CT molecular complexity index is 1390. The number of benzene rings is 3. The number of methoxy groups -OCH3 is 1. The molecule has 0 saturated carbocycles. The summed E-state index contributed by atoms with van der Waals surface area (Å²) in [7, 11) is 1.57. The van der Waals surface area contributed by atoms with Crippen molar-refractivity contribution >= 4 is 11.7 Å². The quantitative estimate of drug-likeness (QED) is 0.470. The summed E-state index contributed by atoms with van der Waals surface area (Å²) in [5, 5.41) is 7.50. The summed E-state index contributed by atoms with van der Waals surface area (Å²) in [5.74, 6) is 0.581. The maximum atomic E-state index is 13.3. The molecule has 0 aliphatic carbocycles. The Morgan fingerprint density at radius 2 is 1.67 bits per heavy atom. The molecule has 0 unspecified atom stereocenters. The van der Waals surface area contributed by atoms with E-state index in [1.807, 2.05) is 56.3 Å². The standard InChI is InChI=1S/C27H25N3O3/c1-17-13-14-22(15-18(17)2)30-26(28-27(32)20-9-6-5-7-10-20)24(25(31)19(3)29-30)21-11-8-12-23(16-21)33-4/h5-16H,1-4H3,(H,28,32). The second-order valence-electron chi connectivity index (χ2n) is 7.87. The molecule has 3 aromatic carbocycles. The van der Waals surface area contributed by atoms with E-state index in [2.05, 4.69) is 10.4 Å². The molecule has 166 valence electrons. The number of nitrogens with zero attached hydrogens (tertiary/aromatic N) is 2. The molecule has 0 saturated heterocycles. The van der Waals surface area contributed by atoms with Gasteiger partial charge in [0.05, 0.1) is 18.4 Å². The number of carbonyl (C=O) groups is 1. The largest absolute Gasteiger partial charge is 0.497 e. The number of ether oxygens (including phenoxy) is 1. The molecule has 4 aromatic rings. The molecular formula is C27H25N3O3. The Hall–Kier alpha value is -4.19. The van der Waals surface area contributed by atoms with Crippen molar-refractivity contribution in [2.45, 2.75) is 20.8 Å². The van der Waals surface area contributed by atoms with Gasteiger partial charge in [-0.15, -0.1) is 0 Å². The topological polar surface area (TPSA) is 73.2 Å². The van der Waals surface area contributed by atoms with Crippen molar-refractivity contribution < 1.29 is 9.53 Å². The molecule has 1 N–H and O–H groups in total. The van der Waals surface area contributed by atoms with Gasteiger partial charge in [-0.2, -0.15) is 5.10 Å². The number of carbonyl (C=O) groups excluding carboxylic acids is 1. The van der Waals surface area contributed by atoms with Crippen LogP contribution in [0.2, 0.25) is 0 Å². The van der Waals surface area contributed by atoms with Crippen LogP contribution < -0.4 is 15.5 Å². The zero-order chi connectivity index (χ0) is 23.5. The summed E-state index contributed by atoms with van der Waals surface area (Å²) in [6.07, 6.45) is 0. The number of hydrogen-bond donors (Lipinski definition) is 1. The Morgan fingerprint density at radius 3 is 2.36 bits per heavy atom. The maximum absolute atomic E-state index is 13.3. The highest BCUT2D eigenvalue weighted by Crippen LogP contribution is 2.30. The van der Waals surface area contributed by atoms with Crippen LogP contribution in [-0.4, -0.2) is 22.8 Å². The van der Waals surface area contributed by atoms with Crippen molar-refractivity contribution in [3.63, 3.8) is 0 Å². The molecule has 1 aromatic heterocycles. The second-order valence-corrected chi connectivity index (χ2v) is 7.87. The summed E-state index contributed by atoms with van der Waals surface area (Å²) in [6.45, 7) is 5.72. The number of nitrogens with one attached hydrogen (secondary N) is 1. The number of aromatic nitrogens is 2. The van der Waals surface area contributed by atoms with Crippen LogP contribution in [0.15, 0.2) is 77.6 Å². The van der Waals surface area contributed by atoms with Crippen molar-refractivity contribution in [2.75, 3.05) is 12.4 Å². The molecule has 4 rings (SSSR count). The van der Waals surface area contributed by atoms with E-state index >= 15 is 0 Å². The normalized spacial score (nSPS) is 10.7. The zero-order valence-electron chi connectivity index (χ0n) is 19.0. The third kappa shape index (κ3) is 4.41. The third-order valence-corrected chi connectivity index (χ3v) is 5.62. The van der Waals surface area contributed by atoms with Gasteiger partial charge in [0.15, 0.2) is 0 Å². The van der Waals surface area contributed by atoms with Crippen molar-refractivity contribution in [1.29, 1.82) is 0 Å². The van der Waals surface area contributed by atoms with Crippen molar-refractivity contribution in [1.82, 2.24) is 9.78 Å². The predicted octanol–water partition coefficient (Wildman–Crippen LogP) is 5.09. The van der Waals surface area contributed by atoms with Gasteiger partial charge in [-0.3, -0.25) is 9.59 Å². The van der Waals surface area contributed by atoms with Crippen LogP contribution in [0.25, 0.3) is 16.8 Å². The van der Waals surface area contributed by atoms with Crippen LogP contribution in [0.5, 0.6) is 5.75 Å². The lowest BCUT2D eigenvalue weighted by Gasteiger charge is -2.19. The smallest absolute Gasteiger partial charge is 0.256 e. The highest BCUT2D eigenvalue weighted by Gasteiger charge is 2.21. The van der Waals surface area contributed by atoms with Crippen LogP contribution in [0, 0.1) is 20.8 Å². The first-order valence-electron chi connectivity index (χ1n) is 10.6. The van der Waals surface area contributed by atoms with Gasteiger partial charge >= 0.3 is 0 Å². The Kier molecular flexibility index (Phi) is 6.09. The number of amides is 1. The average molecular weight is 440 g/mol. The van der Waals surface area contributed by atoms with Gasteiger partial charge in [-0.1, -0.05) is 36.4 Å². The molecular weight excluding hydrogens is 414 g/mol. The summed E-state index contributed by atoms with van der Waals surface area (Å²) < 4.78 is 6.99. The Balaban J connectivity index is 1.99. The van der Waals surface area contributed by atoms with Crippen LogP contribution >= 0.6 is 0 Å². The SMILES string of the molecule is COc1cccc(-c2c(NC(=O)c3ccccc3)n(-c3ccc(C)c(C)c3)nc(C)c2=O)c1. The lowest BCUT2D eigenvalue weighted by Crippen LogP contribution is -2.25. The summed E-state index contributed by atoms with van der Waals surface area (Å²) in [5.41, 5.74) is 4.49. The maximum Gasteiger partial charge on any atom is 0.256 e. The van der Waals surface area contributed by atoms with E-state index < -0.39 is 0 Å². The van der Waals surface area contributed by atoms with Crippen LogP contribution in [0.1, 0.15) is 27.2 Å². The number of hydrogen-bond acceptors (Lipinski definition) is 4. The second kappa shape index (κ2) is 9.12. The number of anilines is 1. The van der Waals surface area contributed by atoms with E-state index in [9.17, 15) is 9.59 Å². The Labute approximate surface area is 192 Å². The summed E-state index contributed by atoms with van der Waals surface area (Å²) in [4.78, 5) is 26.5. The fourth-order valence-electron chi connectivity index (χ4n) is 3.62. The lowest BCUT2D eigenvalue weighted by atomic mass is 10.0. The highest BCUT2D eigenvalue weighted by atomic mass is 16.5. The first-order valence-corrected chi connectivity index (χ1v) is 10.6. The number of rotatable bonds is 5. The lowest BCUT2D eigenvalue weighted by molar-refractivity contribution is 0.102. The molecule has 6 nitrogen and oxygen atoms in total. The van der Waals surface area contributed by atoms with Crippen LogP contribution in [0.3, 0.4) is 0 Å². The molecule has 1 amide bonds. The molecule has 0 fully saturated rings. The van der Waals surface area contributed by atoms with E-state index in [0.717, 1.165) is 16.8 Å². The predicted molar refractivity (Wildman–Crippen MR) is 130 cm³/mol. The van der Waals surface area contributed by atoms with Gasteiger partial charge in [-0.05, 0) is 73.9 Å². The summed E-state index contributed by atoms with van der Waals surface area (Å²) >= 11 is 0. The average Bonchev–Trinajstić information content (AvgIpc) is 2.83. The molecule has 33 heavy (non-hydrogen) atoms. The Morgan fingerprint density at radius 1 is 0.909 bits per heavy atom. The van der Waals surface area contributed by atoms with Gasteiger partial charge in [0.25, 0.3) is 5.91 Å². The van der Waals surface area contributed by atoms with E-state index in [1.54, 1.807) is 49.0 Å².